The summed E-state index contributed by atoms with van der Waals surface area (Å²) in [5, 5.41) is 2.11. The normalized spacial score (nSPS) is 14.4. The third-order valence-electron chi connectivity index (χ3n) is 3.49. The molecule has 3 aromatic rings. The van der Waals surface area contributed by atoms with Crippen LogP contribution in [0.4, 0.5) is 0 Å². The van der Waals surface area contributed by atoms with Gasteiger partial charge in [0.25, 0.3) is 0 Å². The zero-order valence-corrected chi connectivity index (χ0v) is 10.2. The molecule has 1 aromatic carbocycles. The van der Waals surface area contributed by atoms with E-state index < -0.39 is 0 Å². The zero-order valence-electron chi connectivity index (χ0n) is 9.39. The minimum Gasteiger partial charge on any atom is -0.294 e. The van der Waals surface area contributed by atoms with Gasteiger partial charge in [0.2, 0.25) is 0 Å². The number of aromatic nitrogens is 2. The van der Waals surface area contributed by atoms with Crippen molar-refractivity contribution in [3.8, 4) is 11.3 Å². The van der Waals surface area contributed by atoms with Crippen LogP contribution in [0.1, 0.15) is 17.7 Å². The molecule has 0 amide bonds. The average molecular weight is 240 g/mol. The van der Waals surface area contributed by atoms with Crippen LogP contribution in [-0.4, -0.2) is 9.38 Å². The van der Waals surface area contributed by atoms with Gasteiger partial charge in [-0.25, -0.2) is 4.98 Å². The van der Waals surface area contributed by atoms with Gasteiger partial charge in [0.1, 0.15) is 0 Å². The average Bonchev–Trinajstić information content (AvgIpc) is 2.87. The van der Waals surface area contributed by atoms with E-state index in [2.05, 4.69) is 40.2 Å². The second-order valence-corrected chi connectivity index (χ2v) is 5.35. The number of benzene rings is 1. The number of nitrogens with zero attached hydrogens (tertiary/aromatic N) is 2. The quantitative estimate of drug-likeness (QED) is 0.587. The van der Waals surface area contributed by atoms with E-state index in [4.69, 9.17) is 4.98 Å². The minimum absolute atomic E-state index is 1.12. The number of thiazole rings is 1. The molecular formula is C14H12N2S. The van der Waals surface area contributed by atoms with E-state index in [1.54, 1.807) is 11.3 Å². The highest BCUT2D eigenvalue weighted by Crippen LogP contribution is 2.33. The van der Waals surface area contributed by atoms with Crippen LogP contribution >= 0.6 is 11.3 Å². The maximum Gasteiger partial charge on any atom is 0.194 e. The summed E-state index contributed by atoms with van der Waals surface area (Å²) in [5.41, 5.74) is 5.35. The van der Waals surface area contributed by atoms with Crippen LogP contribution in [0.15, 0.2) is 35.8 Å². The first-order chi connectivity index (χ1) is 8.43. The highest BCUT2D eigenvalue weighted by atomic mass is 32.1. The largest absolute Gasteiger partial charge is 0.294 e. The van der Waals surface area contributed by atoms with Gasteiger partial charge in [-0.05, 0) is 24.8 Å². The lowest BCUT2D eigenvalue weighted by atomic mass is 10.0. The molecule has 0 bridgehead atoms. The molecule has 0 aliphatic heterocycles. The van der Waals surface area contributed by atoms with E-state index in [0.29, 0.717) is 0 Å². The first-order valence-electron chi connectivity index (χ1n) is 5.96. The fourth-order valence-electron chi connectivity index (χ4n) is 2.70. The van der Waals surface area contributed by atoms with Crippen molar-refractivity contribution in [1.29, 1.82) is 0 Å². The Balaban J connectivity index is 2.09. The van der Waals surface area contributed by atoms with Crippen molar-refractivity contribution >= 4 is 16.3 Å². The lowest BCUT2D eigenvalue weighted by Gasteiger charge is -2.03. The molecule has 2 aromatic heterocycles. The molecule has 4 rings (SSSR count). The lowest BCUT2D eigenvalue weighted by Crippen LogP contribution is -1.90. The predicted molar refractivity (Wildman–Crippen MR) is 70.5 cm³/mol. The molecule has 0 radical (unpaired) electrons. The number of aryl methyl sites for hydroxylation is 2. The van der Waals surface area contributed by atoms with Crippen LogP contribution in [0.3, 0.4) is 0 Å². The molecule has 0 atom stereocenters. The van der Waals surface area contributed by atoms with Crippen molar-refractivity contribution in [1.82, 2.24) is 9.38 Å². The van der Waals surface area contributed by atoms with Gasteiger partial charge in [-0.3, -0.25) is 4.40 Å². The Morgan fingerprint density at radius 1 is 1.18 bits per heavy atom. The molecule has 0 spiro atoms. The first-order valence-corrected chi connectivity index (χ1v) is 6.84. The maximum atomic E-state index is 4.80. The van der Waals surface area contributed by atoms with Gasteiger partial charge < -0.3 is 0 Å². The highest BCUT2D eigenvalue weighted by Gasteiger charge is 2.19. The fourth-order valence-corrected chi connectivity index (χ4v) is 3.44. The summed E-state index contributed by atoms with van der Waals surface area (Å²) in [4.78, 5) is 5.91. The van der Waals surface area contributed by atoms with E-state index in [1.807, 2.05) is 0 Å². The summed E-state index contributed by atoms with van der Waals surface area (Å²) >= 11 is 1.71. The number of rotatable bonds is 0. The Morgan fingerprint density at radius 2 is 2.12 bits per heavy atom. The smallest absolute Gasteiger partial charge is 0.194 e. The van der Waals surface area contributed by atoms with Crippen molar-refractivity contribution < 1.29 is 0 Å². The zero-order chi connectivity index (χ0) is 11.2. The summed E-state index contributed by atoms with van der Waals surface area (Å²) in [6.45, 7) is 0. The monoisotopic (exact) mass is 240 g/mol. The molecule has 1 aliphatic rings. The van der Waals surface area contributed by atoms with Gasteiger partial charge in [-0.1, -0.05) is 24.3 Å². The van der Waals surface area contributed by atoms with Gasteiger partial charge in [-0.15, -0.1) is 11.3 Å². The van der Waals surface area contributed by atoms with E-state index in [1.165, 1.54) is 35.4 Å². The summed E-state index contributed by atoms with van der Waals surface area (Å²) in [7, 11) is 0. The van der Waals surface area contributed by atoms with Crippen LogP contribution in [0.2, 0.25) is 0 Å². The second kappa shape index (κ2) is 3.44. The lowest BCUT2D eigenvalue weighted by molar-refractivity contribution is 0.807. The SMILES string of the molecule is c1ccc2c(c1)CCCc1c-2nc2sccn12. The second-order valence-electron chi connectivity index (χ2n) is 4.47. The van der Waals surface area contributed by atoms with Crippen LogP contribution in [-0.2, 0) is 12.8 Å². The van der Waals surface area contributed by atoms with E-state index >= 15 is 0 Å². The first kappa shape index (κ1) is 9.42. The standard InChI is InChI=1S/C14H12N2S/c1-2-6-11-10(4-1)5-3-7-12-13(11)15-14-16(12)8-9-17-14/h1-2,4,6,8-9H,3,5,7H2. The minimum atomic E-state index is 1.12. The van der Waals surface area contributed by atoms with Crippen LogP contribution in [0, 0.1) is 0 Å². The third-order valence-corrected chi connectivity index (χ3v) is 4.25. The Kier molecular flexibility index (Phi) is 1.91. The Bertz CT molecular complexity index is 693. The number of fused-ring (bicyclic) bond motifs is 5. The Labute approximate surface area is 104 Å². The van der Waals surface area contributed by atoms with Crippen LogP contribution in [0.5, 0.6) is 0 Å². The van der Waals surface area contributed by atoms with E-state index in [-0.39, 0.29) is 0 Å². The summed E-state index contributed by atoms with van der Waals surface area (Å²) in [6.07, 6.45) is 5.65. The molecule has 1 aliphatic carbocycles. The van der Waals surface area contributed by atoms with E-state index in [0.717, 1.165) is 11.4 Å². The van der Waals surface area contributed by atoms with Gasteiger partial charge in [-0.2, -0.15) is 0 Å². The molecule has 0 fully saturated rings. The van der Waals surface area contributed by atoms with Crippen molar-refractivity contribution in [2.45, 2.75) is 19.3 Å². The number of hydrogen-bond acceptors (Lipinski definition) is 2. The van der Waals surface area contributed by atoms with Gasteiger partial charge in [0, 0.05) is 17.1 Å². The summed E-state index contributed by atoms with van der Waals surface area (Å²) < 4.78 is 2.25. The third kappa shape index (κ3) is 1.29. The van der Waals surface area contributed by atoms with Gasteiger partial charge >= 0.3 is 0 Å². The van der Waals surface area contributed by atoms with E-state index in [9.17, 15) is 0 Å². The van der Waals surface area contributed by atoms with Gasteiger partial charge in [0.05, 0.1) is 11.4 Å². The van der Waals surface area contributed by atoms with Crippen LogP contribution in [0.25, 0.3) is 16.2 Å². The molecule has 3 heteroatoms. The number of hydrogen-bond donors (Lipinski definition) is 0. The molecule has 84 valence electrons. The predicted octanol–water partition coefficient (Wildman–Crippen LogP) is 3.55. The molecule has 0 N–H and O–H groups in total. The molecule has 2 nitrogen and oxygen atoms in total. The molecule has 0 saturated heterocycles. The maximum absolute atomic E-state index is 4.80. The summed E-state index contributed by atoms with van der Waals surface area (Å²) in [5.74, 6) is 0. The van der Waals surface area contributed by atoms with Crippen molar-refractivity contribution in [3.05, 3.63) is 47.1 Å². The number of imidazole rings is 1. The van der Waals surface area contributed by atoms with Crippen molar-refractivity contribution in [2.24, 2.45) is 0 Å². The molecule has 0 saturated carbocycles. The Hall–Kier alpha value is -1.61. The van der Waals surface area contributed by atoms with Crippen molar-refractivity contribution in [2.75, 3.05) is 0 Å². The molecule has 0 unspecified atom stereocenters. The van der Waals surface area contributed by atoms with Gasteiger partial charge in [0.15, 0.2) is 4.96 Å². The molecule has 17 heavy (non-hydrogen) atoms. The topological polar surface area (TPSA) is 17.3 Å². The Morgan fingerprint density at radius 3 is 3.12 bits per heavy atom. The molecule has 2 heterocycles. The highest BCUT2D eigenvalue weighted by molar-refractivity contribution is 7.15. The molecular weight excluding hydrogens is 228 g/mol. The van der Waals surface area contributed by atoms with Crippen molar-refractivity contribution in [3.63, 3.8) is 0 Å². The van der Waals surface area contributed by atoms with Crippen LogP contribution < -0.4 is 0 Å². The summed E-state index contributed by atoms with van der Waals surface area (Å²) in [6, 6.07) is 8.68. The fraction of sp³-hybridized carbons (Fsp3) is 0.214.